The van der Waals surface area contributed by atoms with Crippen molar-refractivity contribution in [1.82, 2.24) is 9.80 Å². The monoisotopic (exact) mass is 315 g/mol. The van der Waals surface area contributed by atoms with Gasteiger partial charge in [0, 0.05) is 24.7 Å². The van der Waals surface area contributed by atoms with Gasteiger partial charge in [-0.2, -0.15) is 0 Å². The summed E-state index contributed by atoms with van der Waals surface area (Å²) in [5, 5.41) is 4.08. The average Bonchev–Trinajstić information content (AvgIpc) is 3.11. The molecule has 3 rings (SSSR count). The zero-order valence-corrected chi connectivity index (χ0v) is 13.6. The SMILES string of the molecule is CC(C)N1CCN(C(=O)[C@@H]2C(c3ccccc3)=NO[C@H]2C)C1=O. The van der Waals surface area contributed by atoms with Gasteiger partial charge >= 0.3 is 6.03 Å². The Morgan fingerprint density at radius 2 is 1.96 bits per heavy atom. The van der Waals surface area contributed by atoms with Gasteiger partial charge in [-0.15, -0.1) is 0 Å². The Morgan fingerprint density at radius 3 is 2.57 bits per heavy atom. The molecule has 0 N–H and O–H groups in total. The topological polar surface area (TPSA) is 62.2 Å². The van der Waals surface area contributed by atoms with E-state index in [2.05, 4.69) is 5.16 Å². The highest BCUT2D eigenvalue weighted by molar-refractivity contribution is 6.16. The molecule has 0 saturated carbocycles. The van der Waals surface area contributed by atoms with E-state index in [-0.39, 0.29) is 24.1 Å². The number of amides is 3. The number of hydrogen-bond acceptors (Lipinski definition) is 4. The fraction of sp³-hybridized carbons (Fsp3) is 0.471. The number of imide groups is 1. The van der Waals surface area contributed by atoms with Crippen molar-refractivity contribution in [3.63, 3.8) is 0 Å². The number of urea groups is 1. The third-order valence-electron chi connectivity index (χ3n) is 4.35. The Hall–Kier alpha value is -2.37. The number of oxime groups is 1. The molecule has 122 valence electrons. The Labute approximate surface area is 135 Å². The molecule has 0 unspecified atom stereocenters. The van der Waals surface area contributed by atoms with Gasteiger partial charge in [0.05, 0.1) is 0 Å². The fourth-order valence-corrected chi connectivity index (χ4v) is 3.04. The molecule has 0 radical (unpaired) electrons. The van der Waals surface area contributed by atoms with Gasteiger partial charge in [0.1, 0.15) is 17.7 Å². The summed E-state index contributed by atoms with van der Waals surface area (Å²) in [6, 6.07) is 9.34. The molecule has 1 aromatic rings. The quantitative estimate of drug-likeness (QED) is 0.858. The first kappa shape index (κ1) is 15.5. The molecule has 6 nitrogen and oxygen atoms in total. The van der Waals surface area contributed by atoms with Crippen LogP contribution in [-0.2, 0) is 9.63 Å². The smallest absolute Gasteiger partial charge is 0.327 e. The largest absolute Gasteiger partial charge is 0.391 e. The Morgan fingerprint density at radius 1 is 1.26 bits per heavy atom. The van der Waals surface area contributed by atoms with Gasteiger partial charge < -0.3 is 9.74 Å². The van der Waals surface area contributed by atoms with E-state index in [4.69, 9.17) is 4.84 Å². The second-order valence-corrected chi connectivity index (χ2v) is 6.19. The summed E-state index contributed by atoms with van der Waals surface area (Å²) in [6.07, 6.45) is -0.376. The molecule has 3 amide bonds. The molecule has 0 spiro atoms. The van der Waals surface area contributed by atoms with E-state index < -0.39 is 5.92 Å². The summed E-state index contributed by atoms with van der Waals surface area (Å²) in [6.45, 7) is 6.69. The van der Waals surface area contributed by atoms with Crippen LogP contribution in [0.3, 0.4) is 0 Å². The first-order chi connectivity index (χ1) is 11.0. The summed E-state index contributed by atoms with van der Waals surface area (Å²) in [4.78, 5) is 33.8. The predicted molar refractivity (Wildman–Crippen MR) is 86.0 cm³/mol. The highest BCUT2D eigenvalue weighted by atomic mass is 16.6. The highest BCUT2D eigenvalue weighted by Crippen LogP contribution is 2.27. The lowest BCUT2D eigenvalue weighted by atomic mass is 9.92. The molecule has 0 bridgehead atoms. The minimum atomic E-state index is -0.548. The van der Waals surface area contributed by atoms with Gasteiger partial charge in [0.2, 0.25) is 5.91 Å². The summed E-state index contributed by atoms with van der Waals surface area (Å²) in [5.41, 5.74) is 1.45. The lowest BCUT2D eigenvalue weighted by Crippen LogP contribution is -2.45. The minimum absolute atomic E-state index is 0.0832. The second kappa shape index (κ2) is 6.02. The second-order valence-electron chi connectivity index (χ2n) is 6.19. The van der Waals surface area contributed by atoms with Crippen LogP contribution in [0, 0.1) is 5.92 Å². The fourth-order valence-electron chi connectivity index (χ4n) is 3.04. The molecular formula is C17H21N3O3. The number of carbonyl (C=O) groups excluding carboxylic acids is 2. The van der Waals surface area contributed by atoms with Crippen LogP contribution in [0.15, 0.2) is 35.5 Å². The third kappa shape index (κ3) is 2.69. The van der Waals surface area contributed by atoms with Gasteiger partial charge in [0.15, 0.2) is 0 Å². The normalized spacial score (nSPS) is 24.2. The average molecular weight is 315 g/mol. The molecule has 2 heterocycles. The van der Waals surface area contributed by atoms with Crippen LogP contribution in [-0.4, -0.2) is 52.7 Å². The van der Waals surface area contributed by atoms with E-state index >= 15 is 0 Å². The Balaban J connectivity index is 1.84. The molecule has 2 aliphatic rings. The standard InChI is InChI=1S/C17H21N3O3/c1-11(2)19-9-10-20(17(19)22)16(21)14-12(3)23-18-15(14)13-7-5-4-6-8-13/h4-8,11-12,14H,9-10H2,1-3H3/t12-,14-/m0/s1. The van der Waals surface area contributed by atoms with Crippen molar-refractivity contribution in [2.24, 2.45) is 11.1 Å². The summed E-state index contributed by atoms with van der Waals surface area (Å²) < 4.78 is 0. The highest BCUT2D eigenvalue weighted by Gasteiger charge is 2.44. The van der Waals surface area contributed by atoms with Crippen molar-refractivity contribution in [1.29, 1.82) is 0 Å². The van der Waals surface area contributed by atoms with E-state index in [0.29, 0.717) is 18.8 Å². The molecule has 2 aliphatic heterocycles. The van der Waals surface area contributed by atoms with Crippen LogP contribution in [0.1, 0.15) is 26.3 Å². The maximum atomic E-state index is 12.9. The predicted octanol–water partition coefficient (Wildman–Crippen LogP) is 2.10. The molecule has 0 aromatic heterocycles. The summed E-state index contributed by atoms with van der Waals surface area (Å²) in [7, 11) is 0. The van der Waals surface area contributed by atoms with Gasteiger partial charge in [-0.3, -0.25) is 9.69 Å². The summed E-state index contributed by atoms with van der Waals surface area (Å²) >= 11 is 0. The van der Waals surface area contributed by atoms with Crippen LogP contribution in [0.4, 0.5) is 4.79 Å². The van der Waals surface area contributed by atoms with Crippen molar-refractivity contribution >= 4 is 17.6 Å². The van der Waals surface area contributed by atoms with Gasteiger partial charge in [-0.25, -0.2) is 4.79 Å². The van der Waals surface area contributed by atoms with E-state index in [1.807, 2.05) is 51.1 Å². The Bertz CT molecular complexity index is 642. The molecule has 1 aromatic carbocycles. The van der Waals surface area contributed by atoms with Crippen LogP contribution >= 0.6 is 0 Å². The van der Waals surface area contributed by atoms with Gasteiger partial charge in [-0.05, 0) is 20.8 Å². The first-order valence-corrected chi connectivity index (χ1v) is 7.92. The maximum Gasteiger partial charge on any atom is 0.327 e. The van der Waals surface area contributed by atoms with Crippen molar-refractivity contribution in [2.75, 3.05) is 13.1 Å². The van der Waals surface area contributed by atoms with Gasteiger partial charge in [0.25, 0.3) is 0 Å². The summed E-state index contributed by atoms with van der Waals surface area (Å²) in [5.74, 6) is -0.779. The van der Waals surface area contributed by atoms with Crippen molar-refractivity contribution in [2.45, 2.75) is 32.9 Å². The number of nitrogens with zero attached hydrogens (tertiary/aromatic N) is 3. The Kier molecular flexibility index (Phi) is 4.07. The zero-order chi connectivity index (χ0) is 16.6. The van der Waals surface area contributed by atoms with E-state index in [0.717, 1.165) is 5.56 Å². The lowest BCUT2D eigenvalue weighted by Gasteiger charge is -2.23. The molecule has 2 atom stereocenters. The maximum absolute atomic E-state index is 12.9. The van der Waals surface area contributed by atoms with Crippen LogP contribution in [0.2, 0.25) is 0 Å². The lowest BCUT2D eigenvalue weighted by molar-refractivity contribution is -0.132. The molecule has 0 aliphatic carbocycles. The van der Waals surface area contributed by atoms with E-state index in [9.17, 15) is 9.59 Å². The van der Waals surface area contributed by atoms with Crippen molar-refractivity contribution in [3.05, 3.63) is 35.9 Å². The van der Waals surface area contributed by atoms with E-state index in [1.165, 1.54) is 4.90 Å². The first-order valence-electron chi connectivity index (χ1n) is 7.92. The number of rotatable bonds is 3. The van der Waals surface area contributed by atoms with E-state index in [1.54, 1.807) is 4.90 Å². The van der Waals surface area contributed by atoms with Crippen LogP contribution < -0.4 is 0 Å². The van der Waals surface area contributed by atoms with Gasteiger partial charge in [-0.1, -0.05) is 35.5 Å². The van der Waals surface area contributed by atoms with Crippen LogP contribution in [0.25, 0.3) is 0 Å². The third-order valence-corrected chi connectivity index (χ3v) is 4.35. The molecule has 1 fully saturated rings. The number of carbonyl (C=O) groups is 2. The zero-order valence-electron chi connectivity index (χ0n) is 13.6. The van der Waals surface area contributed by atoms with Crippen molar-refractivity contribution in [3.8, 4) is 0 Å². The molecule has 23 heavy (non-hydrogen) atoms. The minimum Gasteiger partial charge on any atom is -0.391 e. The molecular weight excluding hydrogens is 294 g/mol. The van der Waals surface area contributed by atoms with Crippen molar-refractivity contribution < 1.29 is 14.4 Å². The van der Waals surface area contributed by atoms with Crippen LogP contribution in [0.5, 0.6) is 0 Å². The number of hydrogen-bond donors (Lipinski definition) is 0. The molecule has 6 heteroatoms. The number of benzene rings is 1. The molecule has 1 saturated heterocycles.